The number of rotatable bonds is 8. The third-order valence-corrected chi connectivity index (χ3v) is 6.18. The molecule has 11 nitrogen and oxygen atoms in total. The Morgan fingerprint density at radius 3 is 2.52 bits per heavy atom. The lowest BCUT2D eigenvalue weighted by Crippen LogP contribution is -2.31. The second-order valence-corrected chi connectivity index (χ2v) is 9.12. The van der Waals surface area contributed by atoms with Crippen LogP contribution in [0.3, 0.4) is 0 Å². The highest BCUT2D eigenvalue weighted by Crippen LogP contribution is 2.34. The number of fused-ring (bicyclic) bond motifs is 1. The molecule has 5 rings (SSSR count). The van der Waals surface area contributed by atoms with Crippen molar-refractivity contribution in [2.45, 2.75) is 19.1 Å². The molecule has 5 aromatic rings. The summed E-state index contributed by atoms with van der Waals surface area (Å²) in [6.45, 7) is -1.00. The van der Waals surface area contributed by atoms with Crippen LogP contribution in [0.1, 0.15) is 16.1 Å². The number of nitrogens with two attached hydrogens (primary N) is 1. The zero-order valence-electron chi connectivity index (χ0n) is 21.9. The van der Waals surface area contributed by atoms with Gasteiger partial charge in [-0.3, -0.25) is 9.59 Å². The third kappa shape index (κ3) is 5.95. The van der Waals surface area contributed by atoms with Crippen molar-refractivity contribution in [3.63, 3.8) is 0 Å². The minimum atomic E-state index is -4.49. The van der Waals surface area contributed by atoms with Crippen molar-refractivity contribution < 1.29 is 27.1 Å². The monoisotopic (exact) mass is 582 g/mol. The van der Waals surface area contributed by atoms with Gasteiger partial charge < -0.3 is 20.4 Å². The number of halogens is 4. The fourth-order valence-corrected chi connectivity index (χ4v) is 4.30. The highest BCUT2D eigenvalue weighted by molar-refractivity contribution is 6.04. The fourth-order valence-electron chi connectivity index (χ4n) is 4.30. The van der Waals surface area contributed by atoms with Crippen molar-refractivity contribution in [1.82, 2.24) is 29.3 Å². The van der Waals surface area contributed by atoms with Crippen LogP contribution in [0.4, 0.5) is 29.1 Å². The summed E-state index contributed by atoms with van der Waals surface area (Å²) < 4.78 is 59.8. The number of nitrogen functional groups attached to an aromatic ring is 1. The van der Waals surface area contributed by atoms with Crippen LogP contribution in [-0.2, 0) is 17.7 Å². The molecule has 3 N–H and O–H groups in total. The van der Waals surface area contributed by atoms with Gasteiger partial charge in [0.25, 0.3) is 11.5 Å². The Kier molecular flexibility index (Phi) is 7.67. The lowest BCUT2D eigenvalue weighted by molar-refractivity contribution is -0.139. The highest BCUT2D eigenvalue weighted by Gasteiger charge is 2.30. The first kappa shape index (κ1) is 28.4. The van der Waals surface area contributed by atoms with Gasteiger partial charge in [-0.2, -0.15) is 23.0 Å². The van der Waals surface area contributed by atoms with Gasteiger partial charge >= 0.3 is 6.18 Å². The zero-order valence-corrected chi connectivity index (χ0v) is 21.9. The number of pyridine rings is 1. The van der Waals surface area contributed by atoms with E-state index in [1.807, 2.05) is 0 Å². The first-order valence-electron chi connectivity index (χ1n) is 12.4. The summed E-state index contributed by atoms with van der Waals surface area (Å²) in [6, 6.07) is 9.90. The molecule has 0 spiro atoms. The Labute approximate surface area is 234 Å². The summed E-state index contributed by atoms with van der Waals surface area (Å²) in [6.07, 6.45) is -0.901. The number of alkyl halides is 3. The quantitative estimate of drug-likeness (QED) is 0.263. The van der Waals surface area contributed by atoms with Gasteiger partial charge in [-0.15, -0.1) is 0 Å². The molecule has 42 heavy (non-hydrogen) atoms. The van der Waals surface area contributed by atoms with Gasteiger partial charge in [0.2, 0.25) is 0 Å². The van der Waals surface area contributed by atoms with Crippen LogP contribution in [0.2, 0.25) is 0 Å². The van der Waals surface area contributed by atoms with E-state index in [1.165, 1.54) is 37.6 Å². The maximum absolute atomic E-state index is 13.4. The molecule has 0 unspecified atom stereocenters. The summed E-state index contributed by atoms with van der Waals surface area (Å²) in [7, 11) is 1.49. The van der Waals surface area contributed by atoms with Gasteiger partial charge in [0.05, 0.1) is 23.9 Å². The molecule has 15 heteroatoms. The summed E-state index contributed by atoms with van der Waals surface area (Å²) in [5.74, 6) is -1.32. The number of nitrogens with one attached hydrogen (secondary N) is 1. The molecule has 4 aromatic heterocycles. The average molecular weight is 583 g/mol. The molecule has 0 aliphatic rings. The maximum atomic E-state index is 13.4. The van der Waals surface area contributed by atoms with Crippen molar-refractivity contribution in [3.8, 4) is 16.9 Å². The molecule has 1 amide bonds. The zero-order chi connectivity index (χ0) is 30.0. The number of hydrogen-bond donors (Lipinski definition) is 2. The molecule has 216 valence electrons. The van der Waals surface area contributed by atoms with E-state index in [-0.39, 0.29) is 41.3 Å². The Hall–Kier alpha value is -5.18. The topological polar surface area (TPSA) is 143 Å². The second kappa shape index (κ2) is 11.4. The standard InChI is InChI=1S/C27H22F4N8O3/c1-42-9-8-18-10-19(26(41)39(37-18)21-7-4-16(28)11-33-21)25(40)36-17-5-2-15(3-6-17)20-12-38(13-27(29,30)31)24-22(20)23(32)34-14-35-24/h2-7,10-12,14H,8-9,13H2,1H3,(H,36,40)(H2,32,34,35). The number of methoxy groups -OCH3 is 1. The van der Waals surface area contributed by atoms with E-state index in [4.69, 9.17) is 10.5 Å². The van der Waals surface area contributed by atoms with Gasteiger partial charge in [-0.1, -0.05) is 12.1 Å². The van der Waals surface area contributed by atoms with Crippen LogP contribution < -0.4 is 16.6 Å². The molecule has 0 aliphatic carbocycles. The minimum Gasteiger partial charge on any atom is -0.384 e. The molecule has 0 atom stereocenters. The third-order valence-electron chi connectivity index (χ3n) is 6.18. The second-order valence-electron chi connectivity index (χ2n) is 9.12. The predicted molar refractivity (Wildman–Crippen MR) is 145 cm³/mol. The van der Waals surface area contributed by atoms with Crippen LogP contribution in [0.15, 0.2) is 66.0 Å². The smallest absolute Gasteiger partial charge is 0.384 e. The molecule has 0 saturated carbocycles. The number of nitrogens with zero attached hydrogens (tertiary/aromatic N) is 6. The fraction of sp³-hybridized carbons (Fsp3) is 0.185. The van der Waals surface area contributed by atoms with E-state index in [1.54, 1.807) is 12.1 Å². The van der Waals surface area contributed by atoms with E-state index in [9.17, 15) is 27.2 Å². The maximum Gasteiger partial charge on any atom is 0.406 e. The average Bonchev–Trinajstić information content (AvgIpc) is 3.31. The largest absolute Gasteiger partial charge is 0.406 e. The van der Waals surface area contributed by atoms with Gasteiger partial charge in [0.1, 0.15) is 35.7 Å². The first-order valence-corrected chi connectivity index (χ1v) is 12.4. The number of ether oxygens (including phenoxy) is 1. The Morgan fingerprint density at radius 1 is 1.10 bits per heavy atom. The van der Waals surface area contributed by atoms with Gasteiger partial charge in [0, 0.05) is 31.0 Å². The van der Waals surface area contributed by atoms with Crippen molar-refractivity contribution in [1.29, 1.82) is 0 Å². The van der Waals surface area contributed by atoms with Crippen molar-refractivity contribution in [2.24, 2.45) is 0 Å². The minimum absolute atomic E-state index is 0.0159. The van der Waals surface area contributed by atoms with E-state index in [0.717, 1.165) is 27.8 Å². The molecule has 4 heterocycles. The summed E-state index contributed by atoms with van der Waals surface area (Å²) in [5, 5.41) is 7.12. The van der Waals surface area contributed by atoms with E-state index < -0.39 is 30.0 Å². The van der Waals surface area contributed by atoms with Crippen LogP contribution in [-0.4, -0.2) is 55.1 Å². The highest BCUT2D eigenvalue weighted by atomic mass is 19.4. The molecule has 0 saturated heterocycles. The van der Waals surface area contributed by atoms with Crippen LogP contribution in [0.25, 0.3) is 28.0 Å². The lowest BCUT2D eigenvalue weighted by atomic mass is 10.1. The Morgan fingerprint density at radius 2 is 1.86 bits per heavy atom. The van der Waals surface area contributed by atoms with E-state index in [0.29, 0.717) is 22.5 Å². The molecule has 0 bridgehead atoms. The molecule has 1 aromatic carbocycles. The molecular weight excluding hydrogens is 560 g/mol. The molecule has 0 aliphatic heterocycles. The summed E-state index contributed by atoms with van der Waals surface area (Å²) in [5.41, 5.74) is 6.51. The first-order chi connectivity index (χ1) is 20.0. The lowest BCUT2D eigenvalue weighted by Gasteiger charge is -2.11. The number of carbonyl (C=O) groups is 1. The van der Waals surface area contributed by atoms with Crippen LogP contribution in [0.5, 0.6) is 0 Å². The van der Waals surface area contributed by atoms with Crippen LogP contribution >= 0.6 is 0 Å². The normalized spacial score (nSPS) is 11.6. The molecule has 0 radical (unpaired) electrons. The summed E-state index contributed by atoms with van der Waals surface area (Å²) in [4.78, 5) is 38.1. The number of benzene rings is 1. The number of carbonyl (C=O) groups excluding carboxylic acids is 1. The van der Waals surface area contributed by atoms with Crippen molar-refractivity contribution >= 4 is 28.4 Å². The number of anilines is 2. The van der Waals surface area contributed by atoms with Gasteiger partial charge in [-0.05, 0) is 35.9 Å². The molecule has 0 fully saturated rings. The van der Waals surface area contributed by atoms with E-state index in [2.05, 4.69) is 25.4 Å². The number of amides is 1. The summed E-state index contributed by atoms with van der Waals surface area (Å²) >= 11 is 0. The van der Waals surface area contributed by atoms with Gasteiger partial charge in [-0.25, -0.2) is 19.3 Å². The SMILES string of the molecule is COCCc1cc(C(=O)Nc2ccc(-c3cn(CC(F)(F)F)c4ncnc(N)c34)cc2)c(=O)n(-c2ccc(F)cn2)n1. The van der Waals surface area contributed by atoms with Gasteiger partial charge in [0.15, 0.2) is 5.82 Å². The van der Waals surface area contributed by atoms with E-state index >= 15 is 0 Å². The predicted octanol–water partition coefficient (Wildman–Crippen LogP) is 3.76. The Bertz CT molecular complexity index is 1820. The number of aromatic nitrogens is 6. The van der Waals surface area contributed by atoms with Crippen molar-refractivity contribution in [3.05, 3.63) is 88.6 Å². The Balaban J connectivity index is 1.46. The number of hydrogen-bond acceptors (Lipinski definition) is 8. The van der Waals surface area contributed by atoms with Crippen molar-refractivity contribution in [2.75, 3.05) is 24.8 Å². The molecular formula is C27H22F4N8O3. The van der Waals surface area contributed by atoms with Crippen LogP contribution in [0, 0.1) is 5.82 Å².